The Morgan fingerprint density at radius 1 is 1.56 bits per heavy atom. The molecule has 2 rings (SSSR count). The van der Waals surface area contributed by atoms with Crippen molar-refractivity contribution >= 4 is 23.2 Å². The van der Waals surface area contributed by atoms with Crippen LogP contribution in [0.15, 0.2) is 24.4 Å². The van der Waals surface area contributed by atoms with Crippen molar-refractivity contribution in [2.24, 2.45) is 0 Å². The number of carbonyl (C=O) groups excluding carboxylic acids is 1. The predicted octanol–water partition coefficient (Wildman–Crippen LogP) is 1.80. The van der Waals surface area contributed by atoms with Crippen LogP contribution >= 0.6 is 0 Å². The summed E-state index contributed by atoms with van der Waals surface area (Å²) in [4.78, 5) is 24.6. The maximum absolute atomic E-state index is 11.1. The molecule has 1 aromatic carbocycles. The van der Waals surface area contributed by atoms with Crippen LogP contribution < -0.4 is 0 Å². The summed E-state index contributed by atoms with van der Waals surface area (Å²) in [5.74, 6) is -1.89. The highest BCUT2D eigenvalue weighted by Crippen LogP contribution is 2.28. The summed E-state index contributed by atoms with van der Waals surface area (Å²) in [6, 6.07) is 6.98. The van der Waals surface area contributed by atoms with Crippen LogP contribution in [-0.4, -0.2) is 22.3 Å². The van der Waals surface area contributed by atoms with E-state index in [9.17, 15) is 9.59 Å². The highest BCUT2D eigenvalue weighted by atomic mass is 16.4. The zero-order valence-electron chi connectivity index (χ0n) is 9.38. The lowest BCUT2D eigenvalue weighted by molar-refractivity contribution is -0.139. The van der Waals surface area contributed by atoms with Crippen molar-refractivity contribution in [1.82, 2.24) is 4.98 Å². The van der Waals surface area contributed by atoms with Crippen molar-refractivity contribution in [1.29, 1.82) is 5.26 Å². The predicted molar refractivity (Wildman–Crippen MR) is 64.1 cm³/mol. The second kappa shape index (κ2) is 4.72. The van der Waals surface area contributed by atoms with Gasteiger partial charge in [-0.15, -0.1) is 0 Å². The van der Waals surface area contributed by atoms with Gasteiger partial charge in [0.25, 0.3) is 0 Å². The number of hydrogen-bond acceptors (Lipinski definition) is 3. The second-order valence-corrected chi connectivity index (χ2v) is 3.91. The van der Waals surface area contributed by atoms with Gasteiger partial charge in [-0.25, -0.2) is 0 Å². The maximum atomic E-state index is 11.1. The van der Waals surface area contributed by atoms with Gasteiger partial charge in [-0.05, 0) is 17.7 Å². The monoisotopic (exact) mass is 242 g/mol. The van der Waals surface area contributed by atoms with E-state index in [-0.39, 0.29) is 6.42 Å². The van der Waals surface area contributed by atoms with Crippen LogP contribution in [0.2, 0.25) is 0 Å². The minimum Gasteiger partial charge on any atom is -0.481 e. The molecular weight excluding hydrogens is 232 g/mol. The van der Waals surface area contributed by atoms with Gasteiger partial charge in [-0.2, -0.15) is 5.26 Å². The molecular formula is C13H10N2O3. The first-order valence-corrected chi connectivity index (χ1v) is 5.35. The number of nitrogens with zero attached hydrogens (tertiary/aromatic N) is 1. The number of rotatable bonds is 4. The number of fused-ring (bicyclic) bond motifs is 1. The molecule has 0 amide bonds. The number of hydrogen-bond donors (Lipinski definition) is 2. The third-order valence-corrected chi connectivity index (χ3v) is 2.85. The third kappa shape index (κ3) is 1.96. The van der Waals surface area contributed by atoms with Crippen molar-refractivity contribution in [3.8, 4) is 6.07 Å². The molecule has 0 radical (unpaired) electrons. The Morgan fingerprint density at radius 2 is 2.33 bits per heavy atom. The van der Waals surface area contributed by atoms with Crippen LogP contribution in [0.3, 0.4) is 0 Å². The smallest absolute Gasteiger partial charge is 0.311 e. The Bertz CT molecular complexity index is 652. The maximum Gasteiger partial charge on any atom is 0.311 e. The molecule has 18 heavy (non-hydrogen) atoms. The van der Waals surface area contributed by atoms with Gasteiger partial charge in [0.1, 0.15) is 6.29 Å². The van der Waals surface area contributed by atoms with Crippen molar-refractivity contribution < 1.29 is 14.7 Å². The Balaban J connectivity index is 2.54. The lowest BCUT2D eigenvalue weighted by atomic mass is 9.95. The number of aromatic amines is 1. The van der Waals surface area contributed by atoms with E-state index in [4.69, 9.17) is 10.4 Å². The number of carboxylic acid groups (broad SMARTS) is 1. The fraction of sp³-hybridized carbons (Fsp3) is 0.154. The van der Waals surface area contributed by atoms with Gasteiger partial charge in [-0.1, -0.05) is 6.07 Å². The number of nitriles is 1. The molecule has 5 nitrogen and oxygen atoms in total. The number of carboxylic acids is 1. The van der Waals surface area contributed by atoms with E-state index in [1.54, 1.807) is 24.4 Å². The van der Waals surface area contributed by atoms with Gasteiger partial charge >= 0.3 is 5.97 Å². The van der Waals surface area contributed by atoms with Gasteiger partial charge in [0.2, 0.25) is 0 Å². The standard InChI is InChI=1S/C13H10N2O3/c14-6-8-1-2-9-11(7-15-12(9)5-8)10(3-4-16)13(17)18/h1-2,4-5,7,10,15H,3H2,(H,17,18). The minimum absolute atomic E-state index is 0.0672. The molecule has 0 fully saturated rings. The summed E-state index contributed by atoms with van der Waals surface area (Å²) in [5, 5.41) is 18.6. The highest BCUT2D eigenvalue weighted by molar-refractivity contribution is 5.91. The molecule has 1 unspecified atom stereocenters. The Labute approximate surface area is 103 Å². The summed E-state index contributed by atoms with van der Waals surface area (Å²) < 4.78 is 0. The van der Waals surface area contributed by atoms with E-state index in [1.165, 1.54) is 0 Å². The number of benzene rings is 1. The first-order valence-electron chi connectivity index (χ1n) is 5.35. The van der Waals surface area contributed by atoms with Crippen molar-refractivity contribution in [2.75, 3.05) is 0 Å². The molecule has 0 saturated carbocycles. The van der Waals surface area contributed by atoms with Gasteiger partial charge in [0.15, 0.2) is 0 Å². The number of aromatic nitrogens is 1. The number of aliphatic carboxylic acids is 1. The zero-order chi connectivity index (χ0) is 13.1. The molecule has 1 aromatic heterocycles. The molecule has 2 aromatic rings. The molecule has 90 valence electrons. The first-order chi connectivity index (χ1) is 8.67. The average Bonchev–Trinajstić information content (AvgIpc) is 2.78. The number of H-pyrrole nitrogens is 1. The SMILES string of the molecule is N#Cc1ccc2c(C(CC=O)C(=O)O)c[nH]c2c1. The quantitative estimate of drug-likeness (QED) is 0.799. The molecule has 5 heteroatoms. The summed E-state index contributed by atoms with van der Waals surface area (Å²) in [7, 11) is 0. The summed E-state index contributed by atoms with van der Waals surface area (Å²) >= 11 is 0. The number of nitrogens with one attached hydrogen (secondary N) is 1. The molecule has 1 heterocycles. The topological polar surface area (TPSA) is 93.9 Å². The second-order valence-electron chi connectivity index (χ2n) is 3.91. The fourth-order valence-corrected chi connectivity index (χ4v) is 1.96. The molecule has 0 saturated heterocycles. The van der Waals surface area contributed by atoms with Crippen LogP contribution in [0.1, 0.15) is 23.5 Å². The first kappa shape index (κ1) is 11.9. The van der Waals surface area contributed by atoms with E-state index in [2.05, 4.69) is 4.98 Å². The fourth-order valence-electron chi connectivity index (χ4n) is 1.96. The molecule has 0 spiro atoms. The summed E-state index contributed by atoms with van der Waals surface area (Å²) in [5.41, 5.74) is 1.76. The third-order valence-electron chi connectivity index (χ3n) is 2.85. The highest BCUT2D eigenvalue weighted by Gasteiger charge is 2.22. The zero-order valence-corrected chi connectivity index (χ0v) is 9.38. The van der Waals surface area contributed by atoms with E-state index in [1.807, 2.05) is 6.07 Å². The Kier molecular flexibility index (Phi) is 3.11. The van der Waals surface area contributed by atoms with Crippen molar-refractivity contribution in [3.63, 3.8) is 0 Å². The van der Waals surface area contributed by atoms with Gasteiger partial charge in [0, 0.05) is 23.5 Å². The van der Waals surface area contributed by atoms with E-state index in [0.717, 1.165) is 5.39 Å². The van der Waals surface area contributed by atoms with Crippen LogP contribution in [0.25, 0.3) is 10.9 Å². The Morgan fingerprint density at radius 3 is 2.94 bits per heavy atom. The lowest BCUT2D eigenvalue weighted by Crippen LogP contribution is -2.11. The Hall–Kier alpha value is -2.61. The number of carbonyl (C=O) groups is 2. The van der Waals surface area contributed by atoms with E-state index < -0.39 is 11.9 Å². The van der Waals surface area contributed by atoms with Crippen molar-refractivity contribution in [2.45, 2.75) is 12.3 Å². The molecule has 0 aliphatic heterocycles. The van der Waals surface area contributed by atoms with Crippen LogP contribution in [0, 0.1) is 11.3 Å². The van der Waals surface area contributed by atoms with Crippen LogP contribution in [-0.2, 0) is 9.59 Å². The molecule has 0 bridgehead atoms. The minimum atomic E-state index is -1.03. The average molecular weight is 242 g/mol. The molecule has 0 aliphatic carbocycles. The van der Waals surface area contributed by atoms with Gasteiger partial charge in [0.05, 0.1) is 17.6 Å². The van der Waals surface area contributed by atoms with Gasteiger partial charge in [-0.3, -0.25) is 4.79 Å². The number of aldehydes is 1. The molecule has 0 aliphatic rings. The lowest BCUT2D eigenvalue weighted by Gasteiger charge is -2.07. The van der Waals surface area contributed by atoms with E-state index >= 15 is 0 Å². The van der Waals surface area contributed by atoms with Gasteiger partial charge < -0.3 is 14.9 Å². The van der Waals surface area contributed by atoms with Crippen LogP contribution in [0.4, 0.5) is 0 Å². The largest absolute Gasteiger partial charge is 0.481 e. The summed E-state index contributed by atoms with van der Waals surface area (Å²) in [6.07, 6.45) is 2.11. The molecule has 2 N–H and O–H groups in total. The summed E-state index contributed by atoms with van der Waals surface area (Å²) in [6.45, 7) is 0. The normalized spacial score (nSPS) is 11.9. The van der Waals surface area contributed by atoms with Crippen molar-refractivity contribution in [3.05, 3.63) is 35.5 Å². The van der Waals surface area contributed by atoms with E-state index in [0.29, 0.717) is 22.9 Å². The molecule has 1 atom stereocenters. The van der Waals surface area contributed by atoms with Crippen LogP contribution in [0.5, 0.6) is 0 Å².